The Morgan fingerprint density at radius 3 is 2.30 bits per heavy atom. The van der Waals surface area contributed by atoms with E-state index in [1.165, 1.54) is 0 Å². The van der Waals surface area contributed by atoms with Crippen LogP contribution in [-0.2, 0) is 10.9 Å². The molecule has 0 aliphatic carbocycles. The summed E-state index contributed by atoms with van der Waals surface area (Å²) < 4.78 is 89.3. The normalized spacial score (nSPS) is 14.8. The van der Waals surface area contributed by atoms with Gasteiger partial charge in [-0.05, 0) is 0 Å². The SMILES string of the molecule is OC(COCC(F)(F)C(F)F)c1cnc(C(F)(F)F)s1. The maximum absolute atomic E-state index is 12.4. The number of hydrogen-bond donors (Lipinski definition) is 1. The van der Waals surface area contributed by atoms with Crippen molar-refractivity contribution < 1.29 is 40.6 Å². The first-order chi connectivity index (χ1) is 9.04. The smallest absolute Gasteiger partial charge is 0.385 e. The lowest BCUT2D eigenvalue weighted by Gasteiger charge is -2.16. The zero-order valence-electron chi connectivity index (χ0n) is 9.50. The summed E-state index contributed by atoms with van der Waals surface area (Å²) in [7, 11) is 0. The molecule has 0 aliphatic heterocycles. The van der Waals surface area contributed by atoms with E-state index in [4.69, 9.17) is 0 Å². The number of alkyl halides is 7. The average molecular weight is 327 g/mol. The highest BCUT2D eigenvalue weighted by molar-refractivity contribution is 7.11. The van der Waals surface area contributed by atoms with E-state index in [9.17, 15) is 35.8 Å². The molecule has 11 heteroatoms. The molecule has 1 heterocycles. The molecule has 1 unspecified atom stereocenters. The first-order valence-electron chi connectivity index (χ1n) is 4.98. The van der Waals surface area contributed by atoms with E-state index < -0.39 is 42.8 Å². The van der Waals surface area contributed by atoms with Crippen LogP contribution >= 0.6 is 11.3 Å². The molecule has 0 aliphatic rings. The number of hydrogen-bond acceptors (Lipinski definition) is 4. The van der Waals surface area contributed by atoms with Gasteiger partial charge in [0.1, 0.15) is 12.7 Å². The van der Waals surface area contributed by atoms with Gasteiger partial charge in [0, 0.05) is 6.20 Å². The number of rotatable bonds is 6. The minimum atomic E-state index is -4.69. The zero-order chi connectivity index (χ0) is 15.6. The molecule has 1 aromatic heterocycles. The third-order valence-corrected chi connectivity index (χ3v) is 3.13. The molecule has 0 radical (unpaired) electrons. The zero-order valence-corrected chi connectivity index (χ0v) is 10.3. The lowest BCUT2D eigenvalue weighted by Crippen LogP contribution is -2.33. The fraction of sp³-hybridized carbons (Fsp3) is 0.667. The predicted octanol–water partition coefficient (Wildman–Crippen LogP) is 3.11. The predicted molar refractivity (Wildman–Crippen MR) is 53.8 cm³/mol. The van der Waals surface area contributed by atoms with Gasteiger partial charge in [-0.1, -0.05) is 0 Å². The molecule has 20 heavy (non-hydrogen) atoms. The summed E-state index contributed by atoms with van der Waals surface area (Å²) in [6.45, 7) is -2.49. The van der Waals surface area contributed by atoms with E-state index in [0.717, 1.165) is 0 Å². The monoisotopic (exact) mass is 327 g/mol. The molecule has 0 amide bonds. The van der Waals surface area contributed by atoms with Crippen LogP contribution in [0, 0.1) is 0 Å². The highest BCUT2D eigenvalue weighted by atomic mass is 32.1. The number of aliphatic hydroxyl groups excluding tert-OH is 1. The number of aromatic nitrogens is 1. The lowest BCUT2D eigenvalue weighted by molar-refractivity contribution is -0.170. The number of aliphatic hydroxyl groups is 1. The number of halogens is 7. The molecule has 0 saturated carbocycles. The van der Waals surface area contributed by atoms with E-state index in [0.29, 0.717) is 6.20 Å². The van der Waals surface area contributed by atoms with Crippen molar-refractivity contribution in [3.05, 3.63) is 16.1 Å². The second kappa shape index (κ2) is 6.22. The number of thiazole rings is 1. The highest BCUT2D eigenvalue weighted by Crippen LogP contribution is 2.34. The van der Waals surface area contributed by atoms with Gasteiger partial charge in [0.2, 0.25) is 0 Å². The average Bonchev–Trinajstić information content (AvgIpc) is 2.77. The number of ether oxygens (including phenoxy) is 1. The van der Waals surface area contributed by atoms with E-state index in [2.05, 4.69) is 9.72 Å². The summed E-state index contributed by atoms with van der Waals surface area (Å²) in [5, 5.41) is 8.16. The first kappa shape index (κ1) is 17.1. The van der Waals surface area contributed by atoms with Crippen molar-refractivity contribution in [3.8, 4) is 0 Å². The molecular weight excluding hydrogens is 319 g/mol. The van der Waals surface area contributed by atoms with Gasteiger partial charge in [0.25, 0.3) is 0 Å². The Kier molecular flexibility index (Phi) is 5.33. The molecule has 0 saturated heterocycles. The molecular formula is C9H8F7NO2S. The second-order valence-corrected chi connectivity index (χ2v) is 4.72. The molecule has 0 aromatic carbocycles. The molecule has 1 atom stereocenters. The fourth-order valence-electron chi connectivity index (χ4n) is 1.02. The van der Waals surface area contributed by atoms with Crippen molar-refractivity contribution in [3.63, 3.8) is 0 Å². The third-order valence-electron chi connectivity index (χ3n) is 1.98. The van der Waals surface area contributed by atoms with Crippen LogP contribution in [0.15, 0.2) is 6.20 Å². The third kappa shape index (κ3) is 4.56. The molecule has 1 rings (SSSR count). The standard InChI is InChI=1S/C9H8F7NO2S/c10-6(11)8(12,13)3-19-2-4(18)5-1-17-7(20-5)9(14,15)16/h1,4,6,18H,2-3H2. The number of nitrogens with zero attached hydrogens (tertiary/aromatic N) is 1. The Morgan fingerprint density at radius 2 is 1.85 bits per heavy atom. The second-order valence-electron chi connectivity index (χ2n) is 3.66. The molecule has 1 aromatic rings. The molecule has 3 nitrogen and oxygen atoms in total. The van der Waals surface area contributed by atoms with Crippen molar-refractivity contribution in [1.82, 2.24) is 4.98 Å². The minimum absolute atomic E-state index is 0.110. The van der Waals surface area contributed by atoms with E-state index in [-0.39, 0.29) is 16.2 Å². The van der Waals surface area contributed by atoms with Crippen LogP contribution in [0.2, 0.25) is 0 Å². The molecule has 0 fully saturated rings. The Morgan fingerprint density at radius 1 is 1.25 bits per heavy atom. The minimum Gasteiger partial charge on any atom is -0.385 e. The van der Waals surface area contributed by atoms with Crippen LogP contribution in [-0.4, -0.2) is 35.7 Å². The Bertz CT molecular complexity index is 434. The Hall–Kier alpha value is -0.940. The quantitative estimate of drug-likeness (QED) is 0.817. The van der Waals surface area contributed by atoms with Gasteiger partial charge in [0.05, 0.1) is 11.5 Å². The van der Waals surface area contributed by atoms with Crippen LogP contribution in [0.1, 0.15) is 16.0 Å². The van der Waals surface area contributed by atoms with Crippen LogP contribution in [0.3, 0.4) is 0 Å². The summed E-state index contributed by atoms with van der Waals surface area (Å²) in [6.07, 6.45) is -9.56. The summed E-state index contributed by atoms with van der Waals surface area (Å²) in [4.78, 5) is 2.74. The summed E-state index contributed by atoms with van der Waals surface area (Å²) >= 11 is 0.110. The highest BCUT2D eigenvalue weighted by Gasteiger charge is 2.41. The maximum atomic E-state index is 12.4. The van der Waals surface area contributed by atoms with Gasteiger partial charge in [-0.3, -0.25) is 0 Å². The van der Waals surface area contributed by atoms with Gasteiger partial charge in [0.15, 0.2) is 5.01 Å². The first-order valence-corrected chi connectivity index (χ1v) is 5.80. The van der Waals surface area contributed by atoms with Crippen LogP contribution in [0.4, 0.5) is 30.7 Å². The Labute approximate surface area is 112 Å². The lowest BCUT2D eigenvalue weighted by atomic mass is 10.3. The summed E-state index contributed by atoms with van der Waals surface area (Å²) in [5.74, 6) is -4.38. The fourth-order valence-corrected chi connectivity index (χ4v) is 1.78. The topological polar surface area (TPSA) is 42.4 Å². The van der Waals surface area contributed by atoms with Gasteiger partial charge in [-0.2, -0.15) is 22.0 Å². The summed E-state index contributed by atoms with van der Waals surface area (Å²) in [5.41, 5.74) is 0. The molecule has 0 bridgehead atoms. The summed E-state index contributed by atoms with van der Waals surface area (Å²) in [6, 6.07) is 0. The Balaban J connectivity index is 2.52. The molecule has 1 N–H and O–H groups in total. The largest absolute Gasteiger partial charge is 0.443 e. The van der Waals surface area contributed by atoms with Gasteiger partial charge in [-0.15, -0.1) is 11.3 Å². The van der Waals surface area contributed by atoms with Crippen molar-refractivity contribution in [2.45, 2.75) is 24.6 Å². The molecule has 116 valence electrons. The van der Waals surface area contributed by atoms with Crippen molar-refractivity contribution in [2.75, 3.05) is 13.2 Å². The van der Waals surface area contributed by atoms with Crippen molar-refractivity contribution >= 4 is 11.3 Å². The van der Waals surface area contributed by atoms with Crippen LogP contribution in [0.25, 0.3) is 0 Å². The van der Waals surface area contributed by atoms with Crippen LogP contribution < -0.4 is 0 Å². The van der Waals surface area contributed by atoms with E-state index >= 15 is 0 Å². The van der Waals surface area contributed by atoms with Gasteiger partial charge >= 0.3 is 18.5 Å². The van der Waals surface area contributed by atoms with E-state index in [1.54, 1.807) is 0 Å². The van der Waals surface area contributed by atoms with Gasteiger partial charge in [-0.25, -0.2) is 13.8 Å². The van der Waals surface area contributed by atoms with Crippen molar-refractivity contribution in [2.24, 2.45) is 0 Å². The van der Waals surface area contributed by atoms with Crippen molar-refractivity contribution in [1.29, 1.82) is 0 Å². The maximum Gasteiger partial charge on any atom is 0.443 e. The van der Waals surface area contributed by atoms with Gasteiger partial charge < -0.3 is 9.84 Å². The van der Waals surface area contributed by atoms with E-state index in [1.807, 2.05) is 0 Å². The molecule has 0 spiro atoms. The van der Waals surface area contributed by atoms with Crippen LogP contribution in [0.5, 0.6) is 0 Å².